The first-order chi connectivity index (χ1) is 11.4. The van der Waals surface area contributed by atoms with Crippen molar-refractivity contribution in [3.63, 3.8) is 0 Å². The molecular formula is C19H21Cl2NOS. The van der Waals surface area contributed by atoms with Crippen molar-refractivity contribution >= 4 is 40.9 Å². The molecule has 128 valence electrons. The molecule has 0 fully saturated rings. The minimum Gasteiger partial charge on any atom is -0.349 e. The molecule has 2 aromatic carbocycles. The van der Waals surface area contributed by atoms with Crippen molar-refractivity contribution in [3.05, 3.63) is 69.2 Å². The van der Waals surface area contributed by atoms with E-state index >= 15 is 0 Å². The van der Waals surface area contributed by atoms with E-state index in [9.17, 15) is 4.79 Å². The largest absolute Gasteiger partial charge is 0.349 e. The fraction of sp³-hybridized carbons (Fsp3) is 0.316. The molecule has 0 aliphatic carbocycles. The zero-order chi connectivity index (χ0) is 17.7. The molecule has 0 unspecified atom stereocenters. The summed E-state index contributed by atoms with van der Waals surface area (Å²) in [6.45, 7) is 5.94. The second-order valence-electron chi connectivity index (χ2n) is 5.78. The summed E-state index contributed by atoms with van der Waals surface area (Å²) in [6.07, 6.45) is 0. The van der Waals surface area contributed by atoms with Crippen LogP contribution < -0.4 is 5.32 Å². The van der Waals surface area contributed by atoms with Crippen molar-refractivity contribution in [2.24, 2.45) is 0 Å². The van der Waals surface area contributed by atoms with Crippen LogP contribution in [0, 0.1) is 6.92 Å². The lowest BCUT2D eigenvalue weighted by atomic mass is 10.1. The number of benzene rings is 2. The maximum Gasteiger partial charge on any atom is 0.233 e. The van der Waals surface area contributed by atoms with Crippen molar-refractivity contribution < 1.29 is 4.79 Å². The molecule has 0 aliphatic heterocycles. The van der Waals surface area contributed by atoms with Crippen molar-refractivity contribution in [2.45, 2.75) is 37.8 Å². The van der Waals surface area contributed by atoms with Crippen LogP contribution in [0.2, 0.25) is 10.0 Å². The van der Waals surface area contributed by atoms with Crippen molar-refractivity contribution in [1.29, 1.82) is 0 Å². The SMILES string of the molecule is Cc1ccccc1CS[C@H](C)C(=O)N[C@H](C)c1ccc(Cl)cc1Cl. The maximum atomic E-state index is 12.4. The molecule has 2 atom stereocenters. The molecule has 0 aliphatic rings. The molecule has 5 heteroatoms. The number of halogens is 2. The van der Waals surface area contributed by atoms with Crippen LogP contribution in [0.15, 0.2) is 42.5 Å². The first kappa shape index (κ1) is 19.2. The molecule has 0 saturated heterocycles. The highest BCUT2D eigenvalue weighted by Crippen LogP contribution is 2.27. The van der Waals surface area contributed by atoms with Crippen LogP contribution in [0.25, 0.3) is 0 Å². The molecular weight excluding hydrogens is 361 g/mol. The summed E-state index contributed by atoms with van der Waals surface area (Å²) in [6, 6.07) is 13.4. The summed E-state index contributed by atoms with van der Waals surface area (Å²) >= 11 is 13.7. The van der Waals surface area contributed by atoms with E-state index in [2.05, 4.69) is 24.4 Å². The van der Waals surface area contributed by atoms with Gasteiger partial charge in [-0.3, -0.25) is 4.79 Å². The Kier molecular flexibility index (Phi) is 7.02. The fourth-order valence-electron chi connectivity index (χ4n) is 2.32. The first-order valence-electron chi connectivity index (χ1n) is 7.80. The van der Waals surface area contributed by atoms with Gasteiger partial charge in [0, 0.05) is 15.8 Å². The van der Waals surface area contributed by atoms with Gasteiger partial charge in [0.25, 0.3) is 0 Å². The lowest BCUT2D eigenvalue weighted by molar-refractivity contribution is -0.120. The van der Waals surface area contributed by atoms with E-state index in [0.29, 0.717) is 10.0 Å². The third-order valence-corrected chi connectivity index (χ3v) is 5.66. The zero-order valence-electron chi connectivity index (χ0n) is 14.0. The van der Waals surface area contributed by atoms with Crippen LogP contribution in [0.5, 0.6) is 0 Å². The molecule has 2 aromatic rings. The Balaban J connectivity index is 1.92. The number of amides is 1. The van der Waals surface area contributed by atoms with E-state index in [-0.39, 0.29) is 17.2 Å². The van der Waals surface area contributed by atoms with E-state index in [0.717, 1.165) is 11.3 Å². The van der Waals surface area contributed by atoms with Gasteiger partial charge in [0.05, 0.1) is 11.3 Å². The van der Waals surface area contributed by atoms with Gasteiger partial charge in [-0.15, -0.1) is 11.8 Å². The number of nitrogens with one attached hydrogen (secondary N) is 1. The van der Waals surface area contributed by atoms with E-state index in [1.807, 2.05) is 32.0 Å². The highest BCUT2D eigenvalue weighted by atomic mass is 35.5. The maximum absolute atomic E-state index is 12.4. The Bertz CT molecular complexity index is 720. The van der Waals surface area contributed by atoms with E-state index < -0.39 is 0 Å². The molecule has 2 rings (SSSR count). The molecule has 0 spiro atoms. The number of carbonyl (C=O) groups excluding carboxylic acids is 1. The Morgan fingerprint density at radius 2 is 1.88 bits per heavy atom. The van der Waals surface area contributed by atoms with Gasteiger partial charge in [0.15, 0.2) is 0 Å². The molecule has 0 radical (unpaired) electrons. The second-order valence-corrected chi connectivity index (χ2v) is 7.95. The topological polar surface area (TPSA) is 29.1 Å². The molecule has 0 aromatic heterocycles. The molecule has 2 nitrogen and oxygen atoms in total. The van der Waals surface area contributed by atoms with E-state index in [1.54, 1.807) is 23.9 Å². The standard InChI is InChI=1S/C19H21Cl2NOS/c1-12-6-4-5-7-15(12)11-24-14(3)19(23)22-13(2)17-9-8-16(20)10-18(17)21/h4-10,13-14H,11H2,1-3H3,(H,22,23)/t13-,14-/m1/s1. The smallest absolute Gasteiger partial charge is 0.233 e. The molecule has 24 heavy (non-hydrogen) atoms. The van der Waals surface area contributed by atoms with Gasteiger partial charge in [0.2, 0.25) is 5.91 Å². The summed E-state index contributed by atoms with van der Waals surface area (Å²) in [4.78, 5) is 12.4. The van der Waals surface area contributed by atoms with Gasteiger partial charge in [-0.05, 0) is 49.6 Å². The van der Waals surface area contributed by atoms with Crippen LogP contribution in [-0.2, 0) is 10.5 Å². The predicted molar refractivity (Wildman–Crippen MR) is 105 cm³/mol. The van der Waals surface area contributed by atoms with Gasteiger partial charge in [-0.2, -0.15) is 0 Å². The van der Waals surface area contributed by atoms with Gasteiger partial charge in [-0.1, -0.05) is 53.5 Å². The first-order valence-corrected chi connectivity index (χ1v) is 9.60. The average molecular weight is 382 g/mol. The normalized spacial score (nSPS) is 13.4. The number of rotatable bonds is 6. The van der Waals surface area contributed by atoms with Gasteiger partial charge >= 0.3 is 0 Å². The highest BCUT2D eigenvalue weighted by molar-refractivity contribution is 7.99. The quantitative estimate of drug-likeness (QED) is 0.684. The van der Waals surface area contributed by atoms with Crippen molar-refractivity contribution in [3.8, 4) is 0 Å². The van der Waals surface area contributed by atoms with Crippen LogP contribution in [-0.4, -0.2) is 11.2 Å². The van der Waals surface area contributed by atoms with E-state index in [1.165, 1.54) is 11.1 Å². The van der Waals surface area contributed by atoms with Crippen LogP contribution in [0.3, 0.4) is 0 Å². The number of carbonyl (C=O) groups is 1. The zero-order valence-corrected chi connectivity index (χ0v) is 16.3. The van der Waals surface area contributed by atoms with Crippen LogP contribution in [0.1, 0.15) is 36.6 Å². The Morgan fingerprint density at radius 1 is 1.17 bits per heavy atom. The highest BCUT2D eigenvalue weighted by Gasteiger charge is 2.18. The van der Waals surface area contributed by atoms with E-state index in [4.69, 9.17) is 23.2 Å². The Hall–Kier alpha value is -1.16. The summed E-state index contributed by atoms with van der Waals surface area (Å²) in [7, 11) is 0. The molecule has 1 amide bonds. The number of aryl methyl sites for hydroxylation is 1. The molecule has 1 N–H and O–H groups in total. The fourth-order valence-corrected chi connectivity index (χ4v) is 3.87. The third kappa shape index (κ3) is 5.17. The van der Waals surface area contributed by atoms with Gasteiger partial charge in [-0.25, -0.2) is 0 Å². The number of hydrogen-bond donors (Lipinski definition) is 1. The summed E-state index contributed by atoms with van der Waals surface area (Å²) < 4.78 is 0. The lowest BCUT2D eigenvalue weighted by Crippen LogP contribution is -2.33. The minimum atomic E-state index is -0.163. The summed E-state index contributed by atoms with van der Waals surface area (Å²) in [5, 5.41) is 4.03. The Morgan fingerprint density at radius 3 is 2.54 bits per heavy atom. The molecule has 0 bridgehead atoms. The minimum absolute atomic E-state index is 0.00657. The Labute approximate surface area is 157 Å². The monoisotopic (exact) mass is 381 g/mol. The number of thioether (sulfide) groups is 1. The number of hydrogen-bond acceptors (Lipinski definition) is 2. The molecule has 0 heterocycles. The summed E-state index contributed by atoms with van der Waals surface area (Å²) in [5.41, 5.74) is 3.38. The van der Waals surface area contributed by atoms with Crippen LogP contribution in [0.4, 0.5) is 0 Å². The van der Waals surface area contributed by atoms with Crippen LogP contribution >= 0.6 is 35.0 Å². The molecule has 0 saturated carbocycles. The lowest BCUT2D eigenvalue weighted by Gasteiger charge is -2.19. The van der Waals surface area contributed by atoms with Crippen molar-refractivity contribution in [2.75, 3.05) is 0 Å². The van der Waals surface area contributed by atoms with Gasteiger partial charge in [0.1, 0.15) is 0 Å². The average Bonchev–Trinajstić information content (AvgIpc) is 2.53. The third-order valence-electron chi connectivity index (χ3n) is 3.91. The van der Waals surface area contributed by atoms with Gasteiger partial charge < -0.3 is 5.32 Å². The van der Waals surface area contributed by atoms with Crippen molar-refractivity contribution in [1.82, 2.24) is 5.32 Å². The summed E-state index contributed by atoms with van der Waals surface area (Å²) in [5.74, 6) is 0.823. The predicted octanol–water partition coefficient (Wildman–Crippen LogP) is 5.80. The second kappa shape index (κ2) is 8.80.